The summed E-state index contributed by atoms with van der Waals surface area (Å²) in [6.07, 6.45) is 1.56. The summed E-state index contributed by atoms with van der Waals surface area (Å²) in [4.78, 5) is 20.8. The molecule has 0 saturated heterocycles. The Balaban J connectivity index is 1.78. The van der Waals surface area contributed by atoms with Crippen molar-refractivity contribution in [1.82, 2.24) is 0 Å². The van der Waals surface area contributed by atoms with Gasteiger partial charge in [0.15, 0.2) is 6.61 Å². The van der Waals surface area contributed by atoms with Gasteiger partial charge in [0.05, 0.1) is 0 Å². The third-order valence-corrected chi connectivity index (χ3v) is 5.91. The highest BCUT2D eigenvalue weighted by molar-refractivity contribution is 7.48. The number of aliphatic carboxylic acids is 1. The Kier molecular flexibility index (Phi) is 8.52. The van der Waals surface area contributed by atoms with E-state index in [2.05, 4.69) is 13.8 Å². The Bertz CT molecular complexity index is 1170. The highest BCUT2D eigenvalue weighted by Gasteiger charge is 2.25. The smallest absolute Gasteiger partial charge is 0.482 e. The zero-order valence-corrected chi connectivity index (χ0v) is 19.9. The molecule has 0 aliphatic carbocycles. The summed E-state index contributed by atoms with van der Waals surface area (Å²) >= 11 is 0. The number of carboxylic acids is 1. The Morgan fingerprint density at radius 3 is 1.62 bits per heavy atom. The zero-order valence-electron chi connectivity index (χ0n) is 19.0. The van der Waals surface area contributed by atoms with Crippen LogP contribution in [-0.2, 0) is 9.36 Å². The summed E-state index contributed by atoms with van der Waals surface area (Å²) in [6.45, 7) is 3.75. The van der Waals surface area contributed by atoms with Crippen molar-refractivity contribution in [3.63, 3.8) is 0 Å². The fourth-order valence-corrected chi connectivity index (χ4v) is 4.38. The van der Waals surface area contributed by atoms with Crippen molar-refractivity contribution >= 4 is 24.9 Å². The largest absolute Gasteiger partial charge is 0.584 e. The second-order valence-electron chi connectivity index (χ2n) is 7.36. The Morgan fingerprint density at radius 1 is 0.735 bits per heavy atom. The molecule has 8 heteroatoms. The van der Waals surface area contributed by atoms with Crippen molar-refractivity contribution in [2.45, 2.75) is 26.7 Å². The van der Waals surface area contributed by atoms with Gasteiger partial charge in [-0.2, -0.15) is 0 Å². The van der Waals surface area contributed by atoms with Crippen LogP contribution in [0.3, 0.4) is 0 Å². The van der Waals surface area contributed by atoms with Crippen LogP contribution in [0.5, 0.6) is 17.2 Å². The number of hydrogen-bond acceptors (Lipinski definition) is 5. The first kappa shape index (κ1) is 25.1. The molecule has 34 heavy (non-hydrogen) atoms. The molecule has 3 aromatic rings. The van der Waals surface area contributed by atoms with Gasteiger partial charge in [-0.1, -0.05) is 56.3 Å². The third kappa shape index (κ3) is 6.98. The third-order valence-electron chi connectivity index (χ3n) is 5.02. The fraction of sp³-hybridized carbons (Fsp3) is 0.192. The molecule has 0 heterocycles. The molecular formula is C26H27O7P. The summed E-state index contributed by atoms with van der Waals surface area (Å²) in [5.74, 6) is -0.0672. The van der Waals surface area contributed by atoms with Gasteiger partial charge < -0.3 is 18.9 Å². The lowest BCUT2D eigenvalue weighted by molar-refractivity contribution is -0.139. The van der Waals surface area contributed by atoms with Gasteiger partial charge in [0, 0.05) is 0 Å². The first-order valence-electron chi connectivity index (χ1n) is 10.9. The maximum Gasteiger partial charge on any atom is 0.584 e. The molecule has 1 unspecified atom stereocenters. The maximum absolute atomic E-state index is 12.3. The monoisotopic (exact) mass is 482 g/mol. The minimum atomic E-state index is -4.33. The number of phosphoric ester groups is 1. The van der Waals surface area contributed by atoms with Gasteiger partial charge in [-0.05, 0) is 71.5 Å². The number of hydrogen-bond donors (Lipinski definition) is 2. The summed E-state index contributed by atoms with van der Waals surface area (Å²) < 4.78 is 27.9. The van der Waals surface area contributed by atoms with Crippen LogP contribution < -0.4 is 13.8 Å². The number of ether oxygens (including phenoxy) is 1. The molecule has 1 atom stereocenters. The molecule has 178 valence electrons. The van der Waals surface area contributed by atoms with E-state index < -0.39 is 13.8 Å². The van der Waals surface area contributed by atoms with Crippen LogP contribution in [0.4, 0.5) is 0 Å². The highest BCUT2D eigenvalue weighted by atomic mass is 31.2. The van der Waals surface area contributed by atoms with E-state index in [9.17, 15) is 14.3 Å². The van der Waals surface area contributed by atoms with Gasteiger partial charge in [-0.3, -0.25) is 4.89 Å². The quantitative estimate of drug-likeness (QED) is 0.239. The van der Waals surface area contributed by atoms with E-state index in [4.69, 9.17) is 18.9 Å². The van der Waals surface area contributed by atoms with E-state index in [1.165, 1.54) is 0 Å². The molecule has 3 aromatic carbocycles. The molecule has 0 radical (unpaired) electrons. The summed E-state index contributed by atoms with van der Waals surface area (Å²) in [6, 6.07) is 22.6. The van der Waals surface area contributed by atoms with Crippen LogP contribution in [0.1, 0.15) is 37.8 Å². The van der Waals surface area contributed by atoms with Gasteiger partial charge >= 0.3 is 13.8 Å². The molecule has 0 spiro atoms. The van der Waals surface area contributed by atoms with Gasteiger partial charge in [-0.25, -0.2) is 9.36 Å². The number of carbonyl (C=O) groups is 1. The van der Waals surface area contributed by atoms with Gasteiger partial charge in [-0.15, -0.1) is 0 Å². The average molecular weight is 482 g/mol. The van der Waals surface area contributed by atoms with Crippen LogP contribution in [-0.4, -0.2) is 22.6 Å². The van der Waals surface area contributed by atoms with Crippen molar-refractivity contribution in [2.24, 2.45) is 0 Å². The molecule has 7 nitrogen and oxygen atoms in total. The molecule has 0 amide bonds. The molecule has 0 saturated carbocycles. The van der Waals surface area contributed by atoms with Gasteiger partial charge in [0.2, 0.25) is 0 Å². The summed E-state index contributed by atoms with van der Waals surface area (Å²) in [5.41, 5.74) is 4.25. The van der Waals surface area contributed by atoms with Crippen LogP contribution in [0.15, 0.2) is 78.9 Å². The van der Waals surface area contributed by atoms with Crippen molar-refractivity contribution in [3.8, 4) is 17.2 Å². The molecule has 0 aliphatic rings. The Morgan fingerprint density at radius 2 is 1.18 bits per heavy atom. The van der Waals surface area contributed by atoms with Crippen LogP contribution in [0, 0.1) is 0 Å². The Labute approximate surface area is 198 Å². The minimum Gasteiger partial charge on any atom is -0.482 e. The van der Waals surface area contributed by atoms with Crippen molar-refractivity contribution < 1.29 is 33.1 Å². The van der Waals surface area contributed by atoms with E-state index in [-0.39, 0.29) is 18.1 Å². The number of benzene rings is 3. The number of rotatable bonds is 11. The van der Waals surface area contributed by atoms with Crippen molar-refractivity contribution in [3.05, 3.63) is 90.0 Å². The van der Waals surface area contributed by atoms with E-state index in [1.807, 2.05) is 24.3 Å². The van der Waals surface area contributed by atoms with Crippen LogP contribution in [0.25, 0.3) is 11.1 Å². The number of carboxylic acid groups (broad SMARTS) is 1. The summed E-state index contributed by atoms with van der Waals surface area (Å²) in [5, 5.41) is 8.76. The first-order chi connectivity index (χ1) is 16.3. The molecule has 3 rings (SSSR count). The molecule has 0 aromatic heterocycles. The number of allylic oxidation sites excluding steroid dienone is 2. The number of para-hydroxylation sites is 1. The van der Waals surface area contributed by atoms with Crippen molar-refractivity contribution in [2.75, 3.05) is 6.61 Å². The first-order valence-corrected chi connectivity index (χ1v) is 12.4. The predicted octanol–water partition coefficient (Wildman–Crippen LogP) is 6.44. The van der Waals surface area contributed by atoms with E-state index in [1.54, 1.807) is 54.6 Å². The molecular weight excluding hydrogens is 455 g/mol. The molecule has 0 fully saturated rings. The zero-order chi connectivity index (χ0) is 24.6. The minimum absolute atomic E-state index is 0.221. The van der Waals surface area contributed by atoms with Gasteiger partial charge in [0.1, 0.15) is 17.2 Å². The molecule has 0 aliphatic heterocycles. The normalized spacial score (nSPS) is 13.4. The van der Waals surface area contributed by atoms with E-state index >= 15 is 0 Å². The second-order valence-corrected chi connectivity index (χ2v) is 8.66. The van der Waals surface area contributed by atoms with E-state index in [0.29, 0.717) is 5.75 Å². The lowest BCUT2D eigenvalue weighted by atomic mass is 9.91. The number of phosphoric acid groups is 1. The maximum atomic E-state index is 12.3. The lowest BCUT2D eigenvalue weighted by Crippen LogP contribution is -2.09. The van der Waals surface area contributed by atoms with E-state index in [0.717, 1.165) is 35.1 Å². The molecule has 2 N–H and O–H groups in total. The average Bonchev–Trinajstić information content (AvgIpc) is 2.82. The van der Waals surface area contributed by atoms with Crippen molar-refractivity contribution in [1.29, 1.82) is 0 Å². The Hall–Kier alpha value is -3.54. The van der Waals surface area contributed by atoms with Crippen LogP contribution in [0.2, 0.25) is 0 Å². The predicted molar refractivity (Wildman–Crippen MR) is 131 cm³/mol. The van der Waals surface area contributed by atoms with Crippen LogP contribution >= 0.6 is 7.82 Å². The molecule has 0 bridgehead atoms. The SMILES string of the molecule is CC/C(=C(/CC)c1ccc(OP(=O)(O)Oc2ccccc2)cc1)c1ccc(OCC(=O)O)cc1. The van der Waals surface area contributed by atoms with Gasteiger partial charge in [0.25, 0.3) is 0 Å². The lowest BCUT2D eigenvalue weighted by Gasteiger charge is -2.16. The fourth-order valence-electron chi connectivity index (χ4n) is 3.56. The summed E-state index contributed by atoms with van der Waals surface area (Å²) in [7, 11) is -4.33. The standard InChI is InChI=1S/C26H27O7P/c1-3-24(19-10-14-21(15-11-19)31-18-26(27)28)25(4-2)20-12-16-23(17-13-20)33-34(29,30)32-22-8-6-5-7-9-22/h5-17H,3-4,18H2,1-2H3,(H,27,28)(H,29,30)/b25-24+. The second kappa shape index (κ2) is 11.5. The topological polar surface area (TPSA) is 102 Å². The highest BCUT2D eigenvalue weighted by Crippen LogP contribution is 2.44.